The Bertz CT molecular complexity index is 658. The molecule has 0 spiro atoms. The summed E-state index contributed by atoms with van der Waals surface area (Å²) in [5.74, 6) is -1.77. The van der Waals surface area contributed by atoms with Crippen molar-refractivity contribution in [2.45, 2.75) is 13.0 Å². The van der Waals surface area contributed by atoms with Gasteiger partial charge in [-0.1, -0.05) is 0 Å². The standard InChI is InChI=1S/C16H17F2N3OS/c17-13-6-12(7-14(18)8-13)16(22)21-3-1-2-20(4-5-21)10-15-9-19-11-23-15/h6-9,11H,1-5,10H2. The van der Waals surface area contributed by atoms with E-state index in [0.717, 1.165) is 44.3 Å². The van der Waals surface area contributed by atoms with Gasteiger partial charge in [0.2, 0.25) is 0 Å². The first-order chi connectivity index (χ1) is 11.1. The van der Waals surface area contributed by atoms with Crippen LogP contribution in [-0.2, 0) is 6.54 Å². The monoisotopic (exact) mass is 337 g/mol. The molecule has 1 amide bonds. The SMILES string of the molecule is O=C(c1cc(F)cc(F)c1)N1CCCN(Cc2cncs2)CC1. The van der Waals surface area contributed by atoms with Gasteiger partial charge in [0, 0.05) is 55.4 Å². The summed E-state index contributed by atoms with van der Waals surface area (Å²) in [5, 5.41) is 0. The number of amides is 1. The van der Waals surface area contributed by atoms with Gasteiger partial charge in [-0.15, -0.1) is 11.3 Å². The third-order valence-electron chi connectivity index (χ3n) is 3.85. The predicted octanol–water partition coefficient (Wildman–Crippen LogP) is 2.77. The Morgan fingerprint density at radius 2 is 1.91 bits per heavy atom. The molecule has 1 aliphatic heterocycles. The maximum atomic E-state index is 13.3. The zero-order chi connectivity index (χ0) is 16.2. The van der Waals surface area contributed by atoms with Crippen molar-refractivity contribution >= 4 is 17.2 Å². The van der Waals surface area contributed by atoms with Crippen molar-refractivity contribution in [2.75, 3.05) is 26.2 Å². The summed E-state index contributed by atoms with van der Waals surface area (Å²) in [7, 11) is 0. The molecular weight excluding hydrogens is 320 g/mol. The maximum absolute atomic E-state index is 13.3. The van der Waals surface area contributed by atoms with E-state index in [1.165, 1.54) is 4.88 Å². The lowest BCUT2D eigenvalue weighted by molar-refractivity contribution is 0.0760. The average molecular weight is 337 g/mol. The van der Waals surface area contributed by atoms with Crippen LogP contribution in [0.2, 0.25) is 0 Å². The number of carbonyl (C=O) groups excluding carboxylic acids is 1. The lowest BCUT2D eigenvalue weighted by atomic mass is 10.2. The molecule has 122 valence electrons. The maximum Gasteiger partial charge on any atom is 0.254 e. The predicted molar refractivity (Wildman–Crippen MR) is 84.3 cm³/mol. The molecule has 7 heteroatoms. The second-order valence-electron chi connectivity index (χ2n) is 5.55. The van der Waals surface area contributed by atoms with Gasteiger partial charge in [-0.2, -0.15) is 0 Å². The lowest BCUT2D eigenvalue weighted by Crippen LogP contribution is -2.35. The fourth-order valence-electron chi connectivity index (χ4n) is 2.73. The minimum absolute atomic E-state index is 0.0680. The van der Waals surface area contributed by atoms with Crippen LogP contribution in [0, 0.1) is 11.6 Å². The Morgan fingerprint density at radius 3 is 2.61 bits per heavy atom. The Labute approximate surface area is 137 Å². The highest BCUT2D eigenvalue weighted by Gasteiger charge is 2.21. The Kier molecular flexibility index (Phi) is 4.97. The molecule has 0 atom stereocenters. The summed E-state index contributed by atoms with van der Waals surface area (Å²) in [5.41, 5.74) is 1.87. The van der Waals surface area contributed by atoms with Crippen molar-refractivity contribution in [3.05, 3.63) is 52.0 Å². The second-order valence-corrected chi connectivity index (χ2v) is 6.52. The van der Waals surface area contributed by atoms with Crippen LogP contribution < -0.4 is 0 Å². The van der Waals surface area contributed by atoms with Crippen molar-refractivity contribution in [1.29, 1.82) is 0 Å². The van der Waals surface area contributed by atoms with Crippen molar-refractivity contribution in [3.63, 3.8) is 0 Å². The topological polar surface area (TPSA) is 36.4 Å². The molecule has 4 nitrogen and oxygen atoms in total. The number of benzene rings is 1. The Morgan fingerprint density at radius 1 is 1.13 bits per heavy atom. The first kappa shape index (κ1) is 16.0. The van der Waals surface area contributed by atoms with Crippen LogP contribution >= 0.6 is 11.3 Å². The molecule has 1 fully saturated rings. The first-order valence-corrected chi connectivity index (χ1v) is 8.35. The number of hydrogen-bond acceptors (Lipinski definition) is 4. The van der Waals surface area contributed by atoms with E-state index >= 15 is 0 Å². The summed E-state index contributed by atoms with van der Waals surface area (Å²) < 4.78 is 26.6. The molecule has 3 rings (SSSR count). The molecule has 1 aromatic carbocycles. The van der Waals surface area contributed by atoms with Gasteiger partial charge in [-0.3, -0.25) is 14.7 Å². The lowest BCUT2D eigenvalue weighted by Gasteiger charge is -2.21. The molecular formula is C16H17F2N3OS. The molecule has 0 N–H and O–H groups in total. The van der Waals surface area contributed by atoms with Gasteiger partial charge in [-0.25, -0.2) is 8.78 Å². The van der Waals surface area contributed by atoms with Gasteiger partial charge >= 0.3 is 0 Å². The van der Waals surface area contributed by atoms with Crippen LogP contribution in [0.5, 0.6) is 0 Å². The number of carbonyl (C=O) groups is 1. The molecule has 23 heavy (non-hydrogen) atoms. The third kappa shape index (κ3) is 4.11. The summed E-state index contributed by atoms with van der Waals surface area (Å²) >= 11 is 1.61. The number of halogens is 2. The third-order valence-corrected chi connectivity index (χ3v) is 4.61. The van der Waals surface area contributed by atoms with Gasteiger partial charge in [0.1, 0.15) is 11.6 Å². The molecule has 0 saturated carbocycles. The van der Waals surface area contributed by atoms with Crippen LogP contribution in [0.3, 0.4) is 0 Å². The van der Waals surface area contributed by atoms with E-state index < -0.39 is 11.6 Å². The van der Waals surface area contributed by atoms with E-state index in [0.29, 0.717) is 13.1 Å². The average Bonchev–Trinajstić information content (AvgIpc) is 2.90. The van der Waals surface area contributed by atoms with Crippen LogP contribution in [-0.4, -0.2) is 46.9 Å². The zero-order valence-electron chi connectivity index (χ0n) is 12.5. The summed E-state index contributed by atoms with van der Waals surface area (Å²) in [6, 6.07) is 2.95. The molecule has 0 bridgehead atoms. The van der Waals surface area contributed by atoms with Crippen LogP contribution in [0.25, 0.3) is 0 Å². The van der Waals surface area contributed by atoms with Gasteiger partial charge in [0.25, 0.3) is 5.91 Å². The van der Waals surface area contributed by atoms with Crippen molar-refractivity contribution in [1.82, 2.24) is 14.8 Å². The fraction of sp³-hybridized carbons (Fsp3) is 0.375. The molecule has 1 aliphatic rings. The highest BCUT2D eigenvalue weighted by atomic mass is 32.1. The molecule has 1 saturated heterocycles. The van der Waals surface area contributed by atoms with Crippen molar-refractivity contribution in [2.24, 2.45) is 0 Å². The molecule has 0 unspecified atom stereocenters. The highest BCUT2D eigenvalue weighted by Crippen LogP contribution is 2.15. The van der Waals surface area contributed by atoms with E-state index in [1.807, 2.05) is 11.7 Å². The molecule has 1 aromatic heterocycles. The highest BCUT2D eigenvalue weighted by molar-refractivity contribution is 7.09. The molecule has 0 aliphatic carbocycles. The zero-order valence-corrected chi connectivity index (χ0v) is 13.4. The Hall–Kier alpha value is -1.86. The van der Waals surface area contributed by atoms with E-state index in [9.17, 15) is 13.6 Å². The van der Waals surface area contributed by atoms with E-state index in [1.54, 1.807) is 16.2 Å². The van der Waals surface area contributed by atoms with Crippen molar-refractivity contribution < 1.29 is 13.6 Å². The van der Waals surface area contributed by atoms with Crippen LogP contribution in [0.4, 0.5) is 8.78 Å². The number of aromatic nitrogens is 1. The van der Waals surface area contributed by atoms with Crippen molar-refractivity contribution in [3.8, 4) is 0 Å². The number of nitrogens with zero attached hydrogens (tertiary/aromatic N) is 3. The quantitative estimate of drug-likeness (QED) is 0.864. The normalized spacial score (nSPS) is 16.3. The number of thiazole rings is 1. The fourth-order valence-corrected chi connectivity index (χ4v) is 3.37. The van der Waals surface area contributed by atoms with Gasteiger partial charge in [0.05, 0.1) is 5.51 Å². The van der Waals surface area contributed by atoms with E-state index in [4.69, 9.17) is 0 Å². The van der Waals surface area contributed by atoms with Gasteiger partial charge in [0.15, 0.2) is 0 Å². The summed E-state index contributed by atoms with van der Waals surface area (Å²) in [4.78, 5) is 21.6. The smallest absolute Gasteiger partial charge is 0.254 e. The minimum Gasteiger partial charge on any atom is -0.337 e. The van der Waals surface area contributed by atoms with E-state index in [-0.39, 0.29) is 11.5 Å². The van der Waals surface area contributed by atoms with Crippen LogP contribution in [0.15, 0.2) is 29.9 Å². The summed E-state index contributed by atoms with van der Waals surface area (Å²) in [6.07, 6.45) is 2.69. The minimum atomic E-state index is -0.727. The van der Waals surface area contributed by atoms with Gasteiger partial charge in [-0.05, 0) is 18.6 Å². The Balaban J connectivity index is 1.64. The molecule has 2 aromatic rings. The van der Waals surface area contributed by atoms with Gasteiger partial charge < -0.3 is 4.90 Å². The second kappa shape index (κ2) is 7.14. The number of hydrogen-bond donors (Lipinski definition) is 0. The number of rotatable bonds is 3. The molecule has 2 heterocycles. The summed E-state index contributed by atoms with van der Waals surface area (Å²) in [6.45, 7) is 3.59. The van der Waals surface area contributed by atoms with Crippen LogP contribution in [0.1, 0.15) is 21.7 Å². The van der Waals surface area contributed by atoms with E-state index in [2.05, 4.69) is 9.88 Å². The first-order valence-electron chi connectivity index (χ1n) is 7.47. The molecule has 0 radical (unpaired) electrons. The largest absolute Gasteiger partial charge is 0.337 e.